The van der Waals surface area contributed by atoms with Crippen LogP contribution in [0.5, 0.6) is 0 Å². The molecule has 6 nitrogen and oxygen atoms in total. The predicted octanol–water partition coefficient (Wildman–Crippen LogP) is 0.844. The molecule has 1 aromatic rings. The quantitative estimate of drug-likeness (QED) is 0.490. The van der Waals surface area contributed by atoms with Crippen LogP contribution in [-0.2, 0) is 0 Å². The van der Waals surface area contributed by atoms with Crippen LogP contribution in [0.25, 0.3) is 0 Å². The second-order valence-electron chi connectivity index (χ2n) is 3.36. The van der Waals surface area contributed by atoms with Gasteiger partial charge in [-0.3, -0.25) is 10.4 Å². The van der Waals surface area contributed by atoms with Crippen molar-refractivity contribution >= 4 is 22.7 Å². The lowest BCUT2D eigenvalue weighted by Crippen LogP contribution is -2.17. The van der Waals surface area contributed by atoms with Gasteiger partial charge in [0, 0.05) is 0 Å². The Morgan fingerprint density at radius 2 is 1.36 bits per heavy atom. The van der Waals surface area contributed by atoms with Gasteiger partial charge in [-0.25, -0.2) is 10.1 Å². The number of nitrogens with one attached hydrogen (secondary N) is 2. The monoisotopic (exact) mass is 194 g/mol. The van der Waals surface area contributed by atoms with Gasteiger partial charge in [-0.2, -0.15) is 0 Å². The Labute approximate surface area is 80.3 Å². The highest BCUT2D eigenvalue weighted by Crippen LogP contribution is 2.41. The highest BCUT2D eigenvalue weighted by molar-refractivity contribution is 5.87. The maximum Gasteiger partial charge on any atom is 0.114 e. The summed E-state index contributed by atoms with van der Waals surface area (Å²) in [6.45, 7) is 0.757. The summed E-state index contributed by atoms with van der Waals surface area (Å²) in [4.78, 5) is 0. The number of nitrogens with zero attached hydrogens (tertiary/aromatic N) is 2. The predicted molar refractivity (Wildman–Crippen MR) is 52.0 cm³/mol. The van der Waals surface area contributed by atoms with Gasteiger partial charge >= 0.3 is 0 Å². The number of hydrogen-bond donors (Lipinski definition) is 4. The smallest absolute Gasteiger partial charge is 0.114 e. The molecule has 74 valence electrons. The number of benzene rings is 1. The molecule has 0 aliphatic carbocycles. The average Bonchev–Trinajstić information content (AvgIpc) is 2.71. The lowest BCUT2D eigenvalue weighted by Gasteiger charge is -2.10. The Morgan fingerprint density at radius 1 is 0.929 bits per heavy atom. The second kappa shape index (κ2) is 2.43. The van der Waals surface area contributed by atoms with E-state index in [2.05, 4.69) is 10.6 Å². The molecule has 2 heterocycles. The first-order valence-electron chi connectivity index (χ1n) is 4.34. The van der Waals surface area contributed by atoms with E-state index in [0.29, 0.717) is 13.3 Å². The fourth-order valence-corrected chi connectivity index (χ4v) is 1.78. The van der Waals surface area contributed by atoms with E-state index in [9.17, 15) is 10.4 Å². The molecule has 0 spiro atoms. The molecule has 14 heavy (non-hydrogen) atoms. The number of anilines is 4. The number of rotatable bonds is 0. The zero-order valence-corrected chi connectivity index (χ0v) is 7.36. The van der Waals surface area contributed by atoms with Crippen molar-refractivity contribution in [3.63, 3.8) is 0 Å². The molecule has 4 N–H and O–H groups in total. The molecule has 0 saturated heterocycles. The third-order valence-electron chi connectivity index (χ3n) is 2.51. The van der Waals surface area contributed by atoms with Gasteiger partial charge in [-0.15, -0.1) is 0 Å². The summed E-state index contributed by atoms with van der Waals surface area (Å²) < 4.78 is 0. The molecule has 2 aliphatic rings. The van der Waals surface area contributed by atoms with Crippen molar-refractivity contribution in [2.45, 2.75) is 0 Å². The van der Waals surface area contributed by atoms with Gasteiger partial charge < -0.3 is 10.6 Å². The zero-order chi connectivity index (χ0) is 9.71. The van der Waals surface area contributed by atoms with E-state index >= 15 is 0 Å². The highest BCUT2D eigenvalue weighted by atomic mass is 16.5. The van der Waals surface area contributed by atoms with E-state index in [1.54, 1.807) is 12.1 Å². The van der Waals surface area contributed by atoms with Crippen LogP contribution < -0.4 is 20.8 Å². The van der Waals surface area contributed by atoms with Crippen LogP contribution in [0.1, 0.15) is 0 Å². The molecule has 0 fully saturated rings. The van der Waals surface area contributed by atoms with E-state index in [0.717, 1.165) is 32.9 Å². The van der Waals surface area contributed by atoms with Crippen molar-refractivity contribution in [3.8, 4) is 0 Å². The SMILES string of the molecule is ON1CNc2cc3c(cc21)NCN3O. The molecule has 0 atom stereocenters. The fraction of sp³-hybridized carbons (Fsp3) is 0.250. The van der Waals surface area contributed by atoms with E-state index in [-0.39, 0.29) is 0 Å². The minimum Gasteiger partial charge on any atom is -0.364 e. The maximum absolute atomic E-state index is 9.45. The third kappa shape index (κ3) is 0.862. The molecule has 0 saturated carbocycles. The van der Waals surface area contributed by atoms with Crippen molar-refractivity contribution in [1.29, 1.82) is 0 Å². The summed E-state index contributed by atoms with van der Waals surface area (Å²) in [7, 11) is 0. The van der Waals surface area contributed by atoms with Crippen molar-refractivity contribution in [2.24, 2.45) is 0 Å². The molecule has 0 unspecified atom stereocenters. The summed E-state index contributed by atoms with van der Waals surface area (Å²) in [5, 5.41) is 27.2. The van der Waals surface area contributed by atoms with Crippen molar-refractivity contribution in [1.82, 2.24) is 0 Å². The van der Waals surface area contributed by atoms with Crippen LogP contribution in [0, 0.1) is 0 Å². The van der Waals surface area contributed by atoms with Gasteiger partial charge in [-0.1, -0.05) is 0 Å². The summed E-state index contributed by atoms with van der Waals surface area (Å²) in [6.07, 6.45) is 0. The first kappa shape index (κ1) is 7.72. The van der Waals surface area contributed by atoms with Gasteiger partial charge in [0.2, 0.25) is 0 Å². The molecule has 1 aromatic carbocycles. The van der Waals surface area contributed by atoms with E-state index in [1.807, 2.05) is 0 Å². The summed E-state index contributed by atoms with van der Waals surface area (Å²) in [6, 6.07) is 3.61. The number of hydroxylamine groups is 2. The van der Waals surface area contributed by atoms with Gasteiger partial charge in [0.15, 0.2) is 0 Å². The maximum atomic E-state index is 9.45. The van der Waals surface area contributed by atoms with Crippen molar-refractivity contribution in [2.75, 3.05) is 34.1 Å². The van der Waals surface area contributed by atoms with Crippen LogP contribution in [-0.4, -0.2) is 23.8 Å². The zero-order valence-electron chi connectivity index (χ0n) is 7.36. The Hall–Kier alpha value is -1.66. The normalized spacial score (nSPS) is 17.6. The first-order chi connectivity index (χ1) is 6.75. The lowest BCUT2D eigenvalue weighted by molar-refractivity contribution is 0.267. The van der Waals surface area contributed by atoms with E-state index in [4.69, 9.17) is 0 Å². The van der Waals surface area contributed by atoms with Crippen molar-refractivity contribution in [3.05, 3.63) is 12.1 Å². The van der Waals surface area contributed by atoms with E-state index in [1.165, 1.54) is 0 Å². The minimum atomic E-state index is 0.379. The summed E-state index contributed by atoms with van der Waals surface area (Å²) in [5.74, 6) is 0. The van der Waals surface area contributed by atoms with Crippen LogP contribution in [0.15, 0.2) is 12.1 Å². The molecule has 0 bridgehead atoms. The lowest BCUT2D eigenvalue weighted by atomic mass is 10.2. The molecular weight excluding hydrogens is 184 g/mol. The summed E-state index contributed by atoms with van der Waals surface area (Å²) in [5.41, 5.74) is 3.11. The van der Waals surface area contributed by atoms with Crippen LogP contribution in [0.2, 0.25) is 0 Å². The van der Waals surface area contributed by atoms with Crippen LogP contribution in [0.4, 0.5) is 22.7 Å². The van der Waals surface area contributed by atoms with Crippen molar-refractivity contribution < 1.29 is 10.4 Å². The second-order valence-corrected chi connectivity index (χ2v) is 3.36. The van der Waals surface area contributed by atoms with Crippen LogP contribution in [0.3, 0.4) is 0 Å². The standard InChI is InChI=1S/C8H10N4O2/c13-11-4-10-6-2-8-5(1-7(6)11)9-3-12(8)14/h1-2,9-10,13-14H,3-4H2. The molecule has 6 heteroatoms. The van der Waals surface area contributed by atoms with Gasteiger partial charge in [0.25, 0.3) is 0 Å². The van der Waals surface area contributed by atoms with Gasteiger partial charge in [0.05, 0.1) is 22.7 Å². The fourth-order valence-electron chi connectivity index (χ4n) is 1.78. The topological polar surface area (TPSA) is 71.0 Å². The summed E-state index contributed by atoms with van der Waals surface area (Å²) >= 11 is 0. The Bertz CT molecular complexity index is 357. The molecule has 0 radical (unpaired) electrons. The minimum absolute atomic E-state index is 0.379. The van der Waals surface area contributed by atoms with Crippen LogP contribution >= 0.6 is 0 Å². The Balaban J connectivity index is 2.15. The Morgan fingerprint density at radius 3 is 1.79 bits per heavy atom. The Kier molecular flexibility index (Phi) is 1.34. The molecule has 3 rings (SSSR count). The number of fused-ring (bicyclic) bond motifs is 2. The van der Waals surface area contributed by atoms with E-state index < -0.39 is 0 Å². The molecule has 0 aromatic heterocycles. The molecule has 0 amide bonds. The highest BCUT2D eigenvalue weighted by Gasteiger charge is 2.24. The molecular formula is C8H10N4O2. The first-order valence-corrected chi connectivity index (χ1v) is 4.34. The number of hydrogen-bond acceptors (Lipinski definition) is 6. The third-order valence-corrected chi connectivity index (χ3v) is 2.51. The average molecular weight is 194 g/mol. The largest absolute Gasteiger partial charge is 0.364 e. The van der Waals surface area contributed by atoms with Gasteiger partial charge in [-0.05, 0) is 12.1 Å². The van der Waals surface area contributed by atoms with Gasteiger partial charge in [0.1, 0.15) is 13.3 Å². The molecule has 2 aliphatic heterocycles.